The lowest BCUT2D eigenvalue weighted by molar-refractivity contribution is 0.0993. The maximum absolute atomic E-state index is 12.6. The molecule has 0 bridgehead atoms. The van der Waals surface area contributed by atoms with Gasteiger partial charge in [-0.05, 0) is 49.7 Å². The molecule has 0 aliphatic rings. The molecule has 2 aromatic carbocycles. The zero-order valence-corrected chi connectivity index (χ0v) is 17.2. The Hall–Kier alpha value is -2.65. The smallest absolute Gasteiger partial charge is 0.277 e. The van der Waals surface area contributed by atoms with Crippen LogP contribution in [-0.4, -0.2) is 35.9 Å². The average molecular weight is 418 g/mol. The number of hydrogen-bond donors (Lipinski definition) is 1. The fraction of sp³-hybridized carbons (Fsp3) is 0.211. The number of aryl methyl sites for hydroxylation is 1. The first-order valence-corrected chi connectivity index (χ1v) is 11.2. The second kappa shape index (κ2) is 8.15. The molecule has 0 amide bonds. The molecule has 9 heteroatoms. The Morgan fingerprint density at radius 2 is 1.79 bits per heavy atom. The van der Waals surface area contributed by atoms with Crippen molar-refractivity contribution in [2.24, 2.45) is 0 Å². The summed E-state index contributed by atoms with van der Waals surface area (Å²) in [5.74, 6) is 0.294. The number of ketones is 1. The molecule has 0 radical (unpaired) electrons. The molecule has 0 fully saturated rings. The number of sulfonamides is 1. The molecule has 0 aliphatic heterocycles. The summed E-state index contributed by atoms with van der Waals surface area (Å²) in [6.45, 7) is 3.72. The largest absolute Gasteiger partial charge is 0.411 e. The third-order valence-electron chi connectivity index (χ3n) is 3.90. The number of nitrogens with one attached hydrogen (secondary N) is 1. The van der Waals surface area contributed by atoms with Crippen LogP contribution in [0.1, 0.15) is 22.8 Å². The Morgan fingerprint density at radius 3 is 2.43 bits per heavy atom. The van der Waals surface area contributed by atoms with E-state index in [1.165, 1.54) is 11.8 Å². The number of Topliss-reactive ketones (excluding diaryl/α,β-unsaturated/α-hetero) is 1. The molecule has 1 N–H and O–H groups in total. The Morgan fingerprint density at radius 1 is 1.11 bits per heavy atom. The summed E-state index contributed by atoms with van der Waals surface area (Å²) < 4.78 is 30.6. The van der Waals surface area contributed by atoms with Gasteiger partial charge in [0.15, 0.2) is 5.78 Å². The van der Waals surface area contributed by atoms with Crippen LogP contribution in [0.15, 0.2) is 58.2 Å². The summed E-state index contributed by atoms with van der Waals surface area (Å²) in [7, 11) is -3.36. The number of rotatable bonds is 7. The van der Waals surface area contributed by atoms with Crippen LogP contribution >= 0.6 is 11.8 Å². The summed E-state index contributed by atoms with van der Waals surface area (Å²) >= 11 is 1.18. The Labute approximate surface area is 167 Å². The van der Waals surface area contributed by atoms with Gasteiger partial charge in [-0.15, -0.1) is 10.2 Å². The molecule has 28 heavy (non-hydrogen) atoms. The van der Waals surface area contributed by atoms with Gasteiger partial charge in [-0.1, -0.05) is 30.0 Å². The number of aromatic nitrogens is 2. The average Bonchev–Trinajstić information content (AvgIpc) is 3.09. The Kier molecular flexibility index (Phi) is 5.85. The second-order valence-electron chi connectivity index (χ2n) is 6.26. The molecule has 0 aliphatic carbocycles. The Balaban J connectivity index is 1.69. The van der Waals surface area contributed by atoms with E-state index in [2.05, 4.69) is 14.9 Å². The summed E-state index contributed by atoms with van der Waals surface area (Å²) in [5, 5.41) is 7.95. The van der Waals surface area contributed by atoms with Gasteiger partial charge in [0.2, 0.25) is 15.9 Å². The number of nitrogens with zero attached hydrogens (tertiary/aromatic N) is 2. The highest BCUT2D eigenvalue weighted by molar-refractivity contribution is 8.00. The van der Waals surface area contributed by atoms with Crippen LogP contribution in [0.4, 0.5) is 5.69 Å². The SMILES string of the molecule is Cc1ccccc1-c1nnc(S[C@H](C)C(=O)c2ccc(NS(C)(=O)=O)cc2)o1. The first kappa shape index (κ1) is 20.1. The van der Waals surface area contributed by atoms with Crippen molar-refractivity contribution in [3.63, 3.8) is 0 Å². The predicted octanol–water partition coefficient (Wildman–Crippen LogP) is 3.78. The standard InChI is InChI=1S/C19H19N3O4S2/c1-12-6-4-5-7-16(12)18-20-21-19(26-18)27-13(2)17(23)14-8-10-15(11-9-14)22-28(3,24)25/h4-11,13,22H,1-3H3/t13-/m1/s1. The molecule has 146 valence electrons. The summed E-state index contributed by atoms with van der Waals surface area (Å²) in [6.07, 6.45) is 1.07. The number of anilines is 1. The van der Waals surface area contributed by atoms with E-state index in [4.69, 9.17) is 4.42 Å². The highest BCUT2D eigenvalue weighted by Gasteiger charge is 2.20. The van der Waals surface area contributed by atoms with Crippen LogP contribution < -0.4 is 4.72 Å². The van der Waals surface area contributed by atoms with Crippen LogP contribution in [-0.2, 0) is 10.0 Å². The lowest BCUT2D eigenvalue weighted by Gasteiger charge is -2.09. The van der Waals surface area contributed by atoms with Crippen molar-refractivity contribution in [1.82, 2.24) is 10.2 Å². The first-order valence-electron chi connectivity index (χ1n) is 8.41. The quantitative estimate of drug-likeness (QED) is 0.461. The first-order chi connectivity index (χ1) is 13.2. The molecular formula is C19H19N3O4S2. The van der Waals surface area contributed by atoms with Crippen molar-refractivity contribution in [2.45, 2.75) is 24.3 Å². The van der Waals surface area contributed by atoms with Gasteiger partial charge in [0, 0.05) is 16.8 Å². The van der Waals surface area contributed by atoms with Crippen LogP contribution in [0.2, 0.25) is 0 Å². The summed E-state index contributed by atoms with van der Waals surface area (Å²) in [6, 6.07) is 14.0. The third-order valence-corrected chi connectivity index (χ3v) is 5.44. The van der Waals surface area contributed by atoms with Crippen LogP contribution in [0, 0.1) is 6.92 Å². The fourth-order valence-corrected chi connectivity index (χ4v) is 3.86. The van der Waals surface area contributed by atoms with E-state index < -0.39 is 15.3 Å². The van der Waals surface area contributed by atoms with Crippen molar-refractivity contribution >= 4 is 33.3 Å². The second-order valence-corrected chi connectivity index (χ2v) is 9.30. The number of hydrogen-bond acceptors (Lipinski definition) is 7. The zero-order valence-electron chi connectivity index (χ0n) is 15.5. The molecule has 0 spiro atoms. The van der Waals surface area contributed by atoms with Gasteiger partial charge in [-0.25, -0.2) is 8.42 Å². The molecule has 1 aromatic heterocycles. The maximum atomic E-state index is 12.6. The molecule has 0 saturated heterocycles. The lowest BCUT2D eigenvalue weighted by atomic mass is 10.1. The summed E-state index contributed by atoms with van der Waals surface area (Å²) in [5.41, 5.74) is 2.75. The number of carbonyl (C=O) groups is 1. The van der Waals surface area contributed by atoms with E-state index in [1.54, 1.807) is 31.2 Å². The van der Waals surface area contributed by atoms with Gasteiger partial charge in [-0.2, -0.15) is 0 Å². The maximum Gasteiger partial charge on any atom is 0.277 e. The van der Waals surface area contributed by atoms with Crippen molar-refractivity contribution in [3.8, 4) is 11.5 Å². The van der Waals surface area contributed by atoms with Crippen molar-refractivity contribution in [3.05, 3.63) is 59.7 Å². The van der Waals surface area contributed by atoms with Gasteiger partial charge >= 0.3 is 0 Å². The van der Waals surface area contributed by atoms with Crippen LogP contribution in [0.25, 0.3) is 11.5 Å². The van der Waals surface area contributed by atoms with E-state index in [0.29, 0.717) is 22.4 Å². The minimum absolute atomic E-state index is 0.119. The van der Waals surface area contributed by atoms with Gasteiger partial charge < -0.3 is 4.42 Å². The van der Waals surface area contributed by atoms with Gasteiger partial charge in [0.1, 0.15) is 0 Å². The third kappa shape index (κ3) is 4.99. The van der Waals surface area contributed by atoms with Gasteiger partial charge in [0.25, 0.3) is 5.22 Å². The van der Waals surface area contributed by atoms with E-state index in [9.17, 15) is 13.2 Å². The van der Waals surface area contributed by atoms with Crippen LogP contribution in [0.5, 0.6) is 0 Å². The van der Waals surface area contributed by atoms with Crippen molar-refractivity contribution in [2.75, 3.05) is 11.0 Å². The minimum atomic E-state index is -3.36. The molecule has 7 nitrogen and oxygen atoms in total. The number of thioether (sulfide) groups is 1. The zero-order chi connectivity index (χ0) is 20.3. The molecule has 3 aromatic rings. The van der Waals surface area contributed by atoms with E-state index in [0.717, 1.165) is 17.4 Å². The topological polar surface area (TPSA) is 102 Å². The molecule has 3 rings (SSSR count). The van der Waals surface area contributed by atoms with E-state index >= 15 is 0 Å². The fourth-order valence-electron chi connectivity index (χ4n) is 2.54. The normalized spacial score (nSPS) is 12.5. The van der Waals surface area contributed by atoms with E-state index in [1.807, 2.05) is 31.2 Å². The number of benzene rings is 2. The highest BCUT2D eigenvalue weighted by atomic mass is 32.2. The molecule has 1 heterocycles. The summed E-state index contributed by atoms with van der Waals surface area (Å²) in [4.78, 5) is 12.6. The predicted molar refractivity (Wildman–Crippen MR) is 109 cm³/mol. The van der Waals surface area contributed by atoms with Crippen molar-refractivity contribution < 1.29 is 17.6 Å². The van der Waals surface area contributed by atoms with Gasteiger partial charge in [0.05, 0.1) is 11.5 Å². The van der Waals surface area contributed by atoms with E-state index in [-0.39, 0.29) is 5.78 Å². The van der Waals surface area contributed by atoms with Gasteiger partial charge in [-0.3, -0.25) is 9.52 Å². The lowest BCUT2D eigenvalue weighted by Crippen LogP contribution is -2.14. The highest BCUT2D eigenvalue weighted by Crippen LogP contribution is 2.29. The Bertz CT molecular complexity index is 1090. The molecule has 1 atom stereocenters. The van der Waals surface area contributed by atoms with Crippen LogP contribution in [0.3, 0.4) is 0 Å². The molecule has 0 unspecified atom stereocenters. The molecular weight excluding hydrogens is 398 g/mol. The monoisotopic (exact) mass is 417 g/mol. The minimum Gasteiger partial charge on any atom is -0.411 e. The molecule has 0 saturated carbocycles. The number of carbonyl (C=O) groups excluding carboxylic acids is 1. The van der Waals surface area contributed by atoms with Crippen molar-refractivity contribution in [1.29, 1.82) is 0 Å².